The van der Waals surface area contributed by atoms with Crippen LogP contribution in [0.25, 0.3) is 5.70 Å². The summed E-state index contributed by atoms with van der Waals surface area (Å²) in [6, 6.07) is 22.0. The van der Waals surface area contributed by atoms with Gasteiger partial charge in [-0.3, -0.25) is 20.6 Å². The van der Waals surface area contributed by atoms with Gasteiger partial charge in [0.15, 0.2) is 0 Å². The smallest absolute Gasteiger partial charge is 0.273 e. The molecule has 0 spiro atoms. The minimum atomic E-state index is -0.336. The fourth-order valence-corrected chi connectivity index (χ4v) is 2.41. The summed E-state index contributed by atoms with van der Waals surface area (Å²) in [4.78, 5) is 16.7. The van der Waals surface area contributed by atoms with Crippen molar-refractivity contribution < 1.29 is 14.3 Å². The van der Waals surface area contributed by atoms with Crippen molar-refractivity contribution in [2.24, 2.45) is 0 Å². The number of hydrazine groups is 1. The molecule has 0 aliphatic carbocycles. The van der Waals surface area contributed by atoms with Crippen LogP contribution in [0.2, 0.25) is 0 Å². The molecule has 142 valence electrons. The number of amides is 1. The van der Waals surface area contributed by atoms with Gasteiger partial charge in [0.2, 0.25) is 0 Å². The number of nitrogens with one attached hydrogen (secondary N) is 2. The highest BCUT2D eigenvalue weighted by atomic mass is 16.5. The van der Waals surface area contributed by atoms with Gasteiger partial charge in [-0.1, -0.05) is 43.0 Å². The maximum absolute atomic E-state index is 12.5. The number of hydrogen-bond acceptors (Lipinski definition) is 5. The molecule has 1 aromatic heterocycles. The molecule has 0 aliphatic rings. The fraction of sp³-hybridized carbons (Fsp3) is 0.0909. The van der Waals surface area contributed by atoms with E-state index < -0.39 is 0 Å². The fourth-order valence-electron chi connectivity index (χ4n) is 2.41. The van der Waals surface area contributed by atoms with Gasteiger partial charge in [0.25, 0.3) is 5.91 Å². The number of ether oxygens (including phenoxy) is 2. The Morgan fingerprint density at radius 2 is 1.57 bits per heavy atom. The molecular formula is C22H21N3O3. The summed E-state index contributed by atoms with van der Waals surface area (Å²) in [6.07, 6.45) is 1.66. The molecule has 0 bridgehead atoms. The molecule has 1 heterocycles. The quantitative estimate of drug-likeness (QED) is 0.443. The lowest BCUT2D eigenvalue weighted by Crippen LogP contribution is -2.36. The number of nitrogens with zero attached hydrogens (tertiary/aromatic N) is 1. The van der Waals surface area contributed by atoms with Gasteiger partial charge in [0.1, 0.15) is 24.7 Å². The Kier molecular flexibility index (Phi) is 6.62. The summed E-state index contributed by atoms with van der Waals surface area (Å²) in [6.45, 7) is 4.55. The second-order valence-corrected chi connectivity index (χ2v) is 5.78. The van der Waals surface area contributed by atoms with E-state index in [1.165, 1.54) is 0 Å². The molecule has 0 aliphatic heterocycles. The molecule has 0 saturated heterocycles. The molecule has 0 fully saturated rings. The zero-order valence-corrected chi connectivity index (χ0v) is 15.3. The molecule has 3 aromatic rings. The van der Waals surface area contributed by atoms with Crippen molar-refractivity contribution in [1.82, 2.24) is 15.8 Å². The Bertz CT molecular complexity index is 915. The zero-order chi connectivity index (χ0) is 19.6. The first kappa shape index (κ1) is 19.0. The van der Waals surface area contributed by atoms with E-state index in [1.54, 1.807) is 30.5 Å². The highest BCUT2D eigenvalue weighted by Crippen LogP contribution is 2.18. The first-order chi connectivity index (χ1) is 13.7. The number of rotatable bonds is 9. The van der Waals surface area contributed by atoms with Crippen molar-refractivity contribution in [2.45, 2.75) is 0 Å². The summed E-state index contributed by atoms with van der Waals surface area (Å²) in [5.74, 6) is 0.910. The van der Waals surface area contributed by atoms with Gasteiger partial charge in [-0.25, -0.2) is 0 Å². The largest absolute Gasteiger partial charge is 0.490 e. The Labute approximate surface area is 163 Å². The molecule has 28 heavy (non-hydrogen) atoms. The number of para-hydroxylation sites is 2. The lowest BCUT2D eigenvalue weighted by atomic mass is 10.2. The minimum absolute atomic E-state index is 0.313. The van der Waals surface area contributed by atoms with Crippen LogP contribution in [0.15, 0.2) is 85.6 Å². The Morgan fingerprint density at radius 3 is 2.36 bits per heavy atom. The summed E-state index contributed by atoms with van der Waals surface area (Å²) in [5.41, 5.74) is 6.93. The molecule has 0 radical (unpaired) electrons. The van der Waals surface area contributed by atoms with Gasteiger partial charge in [-0.15, -0.1) is 0 Å². The average Bonchev–Trinajstić information content (AvgIpc) is 2.76. The predicted octanol–water partition coefficient (Wildman–Crippen LogP) is 3.44. The lowest BCUT2D eigenvalue weighted by Gasteiger charge is -2.14. The van der Waals surface area contributed by atoms with Crippen LogP contribution >= 0.6 is 0 Å². The predicted molar refractivity (Wildman–Crippen MR) is 108 cm³/mol. The molecule has 1 amide bonds. The minimum Gasteiger partial charge on any atom is -0.490 e. The summed E-state index contributed by atoms with van der Waals surface area (Å²) in [7, 11) is 0. The van der Waals surface area contributed by atoms with Gasteiger partial charge >= 0.3 is 0 Å². The third-order valence-electron chi connectivity index (χ3n) is 3.79. The van der Waals surface area contributed by atoms with Crippen LogP contribution in [0.1, 0.15) is 16.1 Å². The summed E-state index contributed by atoms with van der Waals surface area (Å²) in [5, 5.41) is 0. The van der Waals surface area contributed by atoms with Crippen LogP contribution < -0.4 is 20.3 Å². The number of aromatic nitrogens is 1. The molecule has 6 heteroatoms. The lowest BCUT2D eigenvalue weighted by molar-refractivity contribution is 0.0937. The van der Waals surface area contributed by atoms with Gasteiger partial charge < -0.3 is 9.47 Å². The number of pyridine rings is 1. The number of hydrogen-bond donors (Lipinski definition) is 2. The van der Waals surface area contributed by atoms with Crippen LogP contribution in [0.4, 0.5) is 0 Å². The monoisotopic (exact) mass is 375 g/mol. The van der Waals surface area contributed by atoms with E-state index in [9.17, 15) is 4.79 Å². The maximum Gasteiger partial charge on any atom is 0.273 e. The third-order valence-corrected chi connectivity index (χ3v) is 3.79. The van der Waals surface area contributed by atoms with E-state index in [4.69, 9.17) is 9.47 Å². The van der Waals surface area contributed by atoms with Gasteiger partial charge in [-0.2, -0.15) is 0 Å². The van der Waals surface area contributed by atoms with Gasteiger partial charge in [-0.05, 0) is 36.4 Å². The van der Waals surface area contributed by atoms with Crippen molar-refractivity contribution in [3.63, 3.8) is 0 Å². The van der Waals surface area contributed by atoms with E-state index in [-0.39, 0.29) is 5.91 Å². The normalized spacial score (nSPS) is 10.0. The molecular weight excluding hydrogens is 354 g/mol. The first-order valence-corrected chi connectivity index (χ1v) is 8.80. The Hall–Kier alpha value is -3.80. The number of benzene rings is 2. The second kappa shape index (κ2) is 9.78. The highest BCUT2D eigenvalue weighted by molar-refractivity contribution is 5.97. The number of carbonyl (C=O) groups excluding carboxylic acids is 1. The summed E-state index contributed by atoms with van der Waals surface area (Å²) < 4.78 is 11.3. The van der Waals surface area contributed by atoms with Crippen LogP contribution in [0.5, 0.6) is 11.5 Å². The Morgan fingerprint density at radius 1 is 0.857 bits per heavy atom. The maximum atomic E-state index is 12.5. The topological polar surface area (TPSA) is 72.5 Å². The molecule has 0 unspecified atom stereocenters. The van der Waals surface area contributed by atoms with Crippen molar-refractivity contribution in [3.8, 4) is 11.5 Å². The van der Waals surface area contributed by atoms with Crippen molar-refractivity contribution in [2.75, 3.05) is 13.2 Å². The van der Waals surface area contributed by atoms with E-state index in [1.807, 2.05) is 48.5 Å². The van der Waals surface area contributed by atoms with Crippen molar-refractivity contribution in [3.05, 3.63) is 96.8 Å². The standard InChI is InChI=1S/C22H21N3O3/c1-17(20-12-7-8-14-23-20)24-25-22(26)19-11-5-6-13-21(19)28-16-15-27-18-9-3-2-4-10-18/h2-14,24H,1,15-16H2,(H,25,26). The van der Waals surface area contributed by atoms with Crippen molar-refractivity contribution in [1.29, 1.82) is 0 Å². The Balaban J connectivity index is 1.52. The molecule has 2 N–H and O–H groups in total. The van der Waals surface area contributed by atoms with Crippen LogP contribution in [0, 0.1) is 0 Å². The SMILES string of the molecule is C=C(NNC(=O)c1ccccc1OCCOc1ccccc1)c1ccccn1. The van der Waals surface area contributed by atoms with E-state index in [0.29, 0.717) is 35.9 Å². The van der Waals surface area contributed by atoms with E-state index >= 15 is 0 Å². The molecule has 0 saturated carbocycles. The van der Waals surface area contributed by atoms with Crippen LogP contribution in [0.3, 0.4) is 0 Å². The van der Waals surface area contributed by atoms with E-state index in [0.717, 1.165) is 5.75 Å². The third kappa shape index (κ3) is 5.35. The average molecular weight is 375 g/mol. The molecule has 2 aromatic carbocycles. The van der Waals surface area contributed by atoms with Crippen LogP contribution in [-0.4, -0.2) is 24.1 Å². The molecule has 0 atom stereocenters. The van der Waals surface area contributed by atoms with E-state index in [2.05, 4.69) is 22.4 Å². The second-order valence-electron chi connectivity index (χ2n) is 5.78. The number of carbonyl (C=O) groups is 1. The zero-order valence-electron chi connectivity index (χ0n) is 15.3. The van der Waals surface area contributed by atoms with Crippen LogP contribution in [-0.2, 0) is 0 Å². The highest BCUT2D eigenvalue weighted by Gasteiger charge is 2.12. The molecule has 6 nitrogen and oxygen atoms in total. The first-order valence-electron chi connectivity index (χ1n) is 8.80. The van der Waals surface area contributed by atoms with Crippen molar-refractivity contribution >= 4 is 11.6 Å². The van der Waals surface area contributed by atoms with Gasteiger partial charge in [0, 0.05) is 6.20 Å². The molecule has 3 rings (SSSR count). The summed E-state index contributed by atoms with van der Waals surface area (Å²) >= 11 is 0. The van der Waals surface area contributed by atoms with Gasteiger partial charge in [0.05, 0.1) is 17.0 Å².